The van der Waals surface area contributed by atoms with E-state index < -0.39 is 0 Å². The van der Waals surface area contributed by atoms with E-state index in [1.807, 2.05) is 0 Å². The van der Waals surface area contributed by atoms with Gasteiger partial charge in [0.05, 0.1) is 0 Å². The number of carbonyl (C=O) groups excluding carboxylic acids is 1. The van der Waals surface area contributed by atoms with Gasteiger partial charge in [0, 0.05) is 6.42 Å². The molecule has 0 spiro atoms. The van der Waals surface area contributed by atoms with Crippen LogP contribution < -0.4 is 0 Å². The van der Waals surface area contributed by atoms with Gasteiger partial charge in [0.25, 0.3) is 0 Å². The van der Waals surface area contributed by atoms with Gasteiger partial charge in [0.15, 0.2) is 0 Å². The molecule has 3 nitrogen and oxygen atoms in total. The average Bonchev–Trinajstić information content (AvgIpc) is 3.04. The van der Waals surface area contributed by atoms with E-state index in [2.05, 4.69) is 81.5 Å². The molecule has 0 aliphatic heterocycles. The van der Waals surface area contributed by atoms with Crippen LogP contribution in [-0.4, -0.2) is 37.6 Å². The van der Waals surface area contributed by atoms with Crippen LogP contribution in [0.2, 0.25) is 0 Å². The van der Waals surface area contributed by atoms with Crippen LogP contribution >= 0.6 is 0 Å². The number of carbonyl (C=O) groups is 1. The third-order valence-corrected chi connectivity index (χ3v) is 8.74. The largest absolute Gasteiger partial charge is 0.462 e. The summed E-state index contributed by atoms with van der Waals surface area (Å²) in [5.41, 5.74) is 0. The van der Waals surface area contributed by atoms with Crippen LogP contribution in [0.3, 0.4) is 0 Å². The summed E-state index contributed by atoms with van der Waals surface area (Å²) in [4.78, 5) is 14.7. The Labute approximate surface area is 288 Å². The van der Waals surface area contributed by atoms with Crippen molar-refractivity contribution in [1.29, 1.82) is 0 Å². The molecule has 3 heteroatoms. The Balaban J connectivity index is 4.01. The molecule has 0 radical (unpaired) electrons. The zero-order valence-corrected chi connectivity index (χ0v) is 31.5. The highest BCUT2D eigenvalue weighted by atomic mass is 16.5. The highest BCUT2D eigenvalue weighted by Crippen LogP contribution is 2.18. The molecule has 46 heavy (non-hydrogen) atoms. The van der Waals surface area contributed by atoms with Crippen molar-refractivity contribution in [1.82, 2.24) is 4.90 Å². The van der Waals surface area contributed by atoms with Crippen molar-refractivity contribution in [2.75, 3.05) is 20.6 Å². The van der Waals surface area contributed by atoms with E-state index in [4.69, 9.17) is 4.74 Å². The third-order valence-electron chi connectivity index (χ3n) is 8.74. The number of esters is 1. The number of nitrogens with zero attached hydrogens (tertiary/aromatic N) is 1. The second kappa shape index (κ2) is 37.8. The molecule has 0 saturated carbocycles. The summed E-state index contributed by atoms with van der Waals surface area (Å²) in [6.45, 7) is 5.46. The first kappa shape index (κ1) is 44.4. The second-order valence-electron chi connectivity index (χ2n) is 13.8. The lowest BCUT2D eigenvalue weighted by molar-refractivity contribution is -0.150. The lowest BCUT2D eigenvalue weighted by Crippen LogP contribution is -2.20. The maximum Gasteiger partial charge on any atom is 0.306 e. The molecular formula is C43H79NO2. The van der Waals surface area contributed by atoms with E-state index in [-0.39, 0.29) is 12.1 Å². The summed E-state index contributed by atoms with van der Waals surface area (Å²) in [7, 11) is 4.12. The van der Waals surface area contributed by atoms with Gasteiger partial charge in [-0.25, -0.2) is 0 Å². The van der Waals surface area contributed by atoms with E-state index in [1.54, 1.807) is 0 Å². The smallest absolute Gasteiger partial charge is 0.306 e. The van der Waals surface area contributed by atoms with Crippen LogP contribution in [0, 0.1) is 0 Å². The monoisotopic (exact) mass is 642 g/mol. The summed E-state index contributed by atoms with van der Waals surface area (Å²) in [5, 5.41) is 0. The Bertz CT molecular complexity index is 687. The summed E-state index contributed by atoms with van der Waals surface area (Å²) in [6.07, 6.45) is 52.8. The fraction of sp³-hybridized carbons (Fsp3) is 0.791. The van der Waals surface area contributed by atoms with Crippen molar-refractivity contribution < 1.29 is 9.53 Å². The molecule has 1 unspecified atom stereocenters. The van der Waals surface area contributed by atoms with Crippen molar-refractivity contribution in [2.24, 2.45) is 0 Å². The number of allylic oxidation sites excluding steroid dienone is 8. The van der Waals surface area contributed by atoms with Gasteiger partial charge in [0.1, 0.15) is 6.10 Å². The van der Waals surface area contributed by atoms with Crippen LogP contribution in [0.4, 0.5) is 0 Å². The maximum atomic E-state index is 12.5. The van der Waals surface area contributed by atoms with E-state index >= 15 is 0 Å². The summed E-state index contributed by atoms with van der Waals surface area (Å²) in [5.74, 6) is 0.00641. The van der Waals surface area contributed by atoms with E-state index in [9.17, 15) is 4.79 Å². The Morgan fingerprint density at radius 1 is 0.500 bits per heavy atom. The van der Waals surface area contributed by atoms with Crippen LogP contribution in [0.25, 0.3) is 0 Å². The molecule has 0 amide bonds. The van der Waals surface area contributed by atoms with Gasteiger partial charge < -0.3 is 9.64 Å². The molecule has 0 aliphatic carbocycles. The minimum absolute atomic E-state index is 0.00641. The molecule has 0 aromatic heterocycles. The average molecular weight is 642 g/mol. The predicted molar refractivity (Wildman–Crippen MR) is 206 cm³/mol. The van der Waals surface area contributed by atoms with E-state index in [1.165, 1.54) is 141 Å². The Kier molecular flexibility index (Phi) is 36.5. The lowest BCUT2D eigenvalue weighted by Gasteiger charge is -2.18. The number of unbranched alkanes of at least 4 members (excludes halogenated alkanes) is 18. The Hall–Kier alpha value is -1.61. The molecule has 0 bridgehead atoms. The topological polar surface area (TPSA) is 29.5 Å². The van der Waals surface area contributed by atoms with Crippen LogP contribution in [0.5, 0.6) is 0 Å². The number of ether oxygens (including phenoxy) is 1. The molecular weight excluding hydrogens is 562 g/mol. The minimum atomic E-state index is 0.00641. The van der Waals surface area contributed by atoms with Crippen LogP contribution in [-0.2, 0) is 9.53 Å². The number of hydrogen-bond acceptors (Lipinski definition) is 3. The van der Waals surface area contributed by atoms with Crippen LogP contribution in [0.15, 0.2) is 48.6 Å². The molecule has 0 aromatic carbocycles. The first-order chi connectivity index (χ1) is 22.6. The first-order valence-corrected chi connectivity index (χ1v) is 20.0. The zero-order valence-electron chi connectivity index (χ0n) is 31.5. The van der Waals surface area contributed by atoms with Gasteiger partial charge >= 0.3 is 5.97 Å². The molecule has 1 atom stereocenters. The summed E-state index contributed by atoms with van der Waals surface area (Å²) in [6, 6.07) is 0. The predicted octanol–water partition coefficient (Wildman–Crippen LogP) is 13.6. The molecule has 0 saturated heterocycles. The quantitative estimate of drug-likeness (QED) is 0.0392. The lowest BCUT2D eigenvalue weighted by atomic mass is 10.0. The van der Waals surface area contributed by atoms with Gasteiger partial charge in [-0.15, -0.1) is 0 Å². The second-order valence-corrected chi connectivity index (χ2v) is 13.8. The molecule has 0 N–H and O–H groups in total. The van der Waals surface area contributed by atoms with E-state index in [0.717, 1.165) is 38.6 Å². The Morgan fingerprint density at radius 2 is 0.870 bits per heavy atom. The molecule has 268 valence electrons. The number of rotatable bonds is 35. The van der Waals surface area contributed by atoms with Gasteiger partial charge in [-0.1, -0.05) is 140 Å². The third kappa shape index (κ3) is 36.9. The summed E-state index contributed by atoms with van der Waals surface area (Å²) >= 11 is 0. The highest BCUT2D eigenvalue weighted by Gasteiger charge is 2.14. The standard InChI is InChI=1S/C43H79NO2/c1-5-7-9-11-13-15-17-19-21-23-25-27-29-31-33-35-38-42(46-43(45)40-37-41-44(3)4)39-36-34-32-30-28-26-24-22-20-18-16-14-12-10-8-6-2/h13-16,19-22,42H,5-12,17-18,23-41H2,1-4H3/b15-13-,16-14?,21-19?,22-20?. The van der Waals surface area contributed by atoms with Crippen molar-refractivity contribution in [2.45, 2.75) is 200 Å². The van der Waals surface area contributed by atoms with Gasteiger partial charge in [-0.05, 0) is 117 Å². The van der Waals surface area contributed by atoms with Gasteiger partial charge in [0.2, 0.25) is 0 Å². The molecule has 0 heterocycles. The SMILES string of the molecule is CCCCCC=CCC=CCCCCCCCCC(CCCCCCCCC=CC/C=C\CCCCC)OC(=O)CCCN(C)C. The molecule has 0 aromatic rings. The molecule has 0 fully saturated rings. The van der Waals surface area contributed by atoms with Gasteiger partial charge in [-0.3, -0.25) is 4.79 Å². The number of hydrogen-bond donors (Lipinski definition) is 0. The van der Waals surface area contributed by atoms with Crippen molar-refractivity contribution in [3.05, 3.63) is 48.6 Å². The molecule has 0 rings (SSSR count). The van der Waals surface area contributed by atoms with Crippen molar-refractivity contribution >= 4 is 5.97 Å². The molecule has 0 aliphatic rings. The van der Waals surface area contributed by atoms with Gasteiger partial charge in [-0.2, -0.15) is 0 Å². The maximum absolute atomic E-state index is 12.5. The first-order valence-electron chi connectivity index (χ1n) is 20.0. The normalized spacial score (nSPS) is 13.0. The summed E-state index contributed by atoms with van der Waals surface area (Å²) < 4.78 is 6.00. The van der Waals surface area contributed by atoms with Crippen LogP contribution in [0.1, 0.15) is 194 Å². The zero-order chi connectivity index (χ0) is 33.6. The van der Waals surface area contributed by atoms with Crippen molar-refractivity contribution in [3.8, 4) is 0 Å². The van der Waals surface area contributed by atoms with Crippen molar-refractivity contribution in [3.63, 3.8) is 0 Å². The fourth-order valence-corrected chi connectivity index (χ4v) is 5.77. The highest BCUT2D eigenvalue weighted by molar-refractivity contribution is 5.69. The van der Waals surface area contributed by atoms with E-state index in [0.29, 0.717) is 6.42 Å². The Morgan fingerprint density at radius 3 is 1.26 bits per heavy atom. The fourth-order valence-electron chi connectivity index (χ4n) is 5.77. The minimum Gasteiger partial charge on any atom is -0.462 e.